The molecule has 7 nitrogen and oxygen atoms in total. The summed E-state index contributed by atoms with van der Waals surface area (Å²) in [6.45, 7) is 2.77. The van der Waals surface area contributed by atoms with Crippen LogP contribution in [0.4, 0.5) is 10.1 Å². The predicted molar refractivity (Wildman–Crippen MR) is 174 cm³/mol. The molecule has 1 saturated heterocycles. The number of carbonyl (C=O) groups excluding carboxylic acids is 1. The summed E-state index contributed by atoms with van der Waals surface area (Å²) in [5.74, 6) is -0.434. The lowest BCUT2D eigenvalue weighted by atomic mass is 10.1. The normalized spacial score (nSPS) is 14.9. The van der Waals surface area contributed by atoms with E-state index in [9.17, 15) is 19.1 Å². The molecule has 1 aliphatic heterocycles. The highest BCUT2D eigenvalue weighted by molar-refractivity contribution is 14.1. The Morgan fingerprint density at radius 2 is 1.70 bits per heavy atom. The SMILES string of the molecule is CCOc1cc(/C=C2\SC(=Nc3ccccc3)N(Cc3ccc(C(=O)O)cc3)C2=O)cc(I)c1OCc1ccc(F)cc1. The Labute approximate surface area is 266 Å². The summed E-state index contributed by atoms with van der Waals surface area (Å²) in [5.41, 5.74) is 3.23. The van der Waals surface area contributed by atoms with E-state index in [1.165, 1.54) is 36.0 Å². The van der Waals surface area contributed by atoms with Gasteiger partial charge in [-0.3, -0.25) is 9.69 Å². The number of thioether (sulfide) groups is 1. The minimum absolute atomic E-state index is 0.175. The van der Waals surface area contributed by atoms with Gasteiger partial charge >= 0.3 is 5.97 Å². The number of halogens is 2. The minimum atomic E-state index is -1.01. The highest BCUT2D eigenvalue weighted by Gasteiger charge is 2.33. The molecule has 1 amide bonds. The summed E-state index contributed by atoms with van der Waals surface area (Å²) in [6.07, 6.45) is 1.80. The van der Waals surface area contributed by atoms with Gasteiger partial charge in [-0.25, -0.2) is 14.2 Å². The lowest BCUT2D eigenvalue weighted by Gasteiger charge is -2.16. The van der Waals surface area contributed by atoms with Crippen LogP contribution in [-0.4, -0.2) is 33.7 Å². The number of aromatic carboxylic acids is 1. The molecule has 0 aromatic heterocycles. The van der Waals surface area contributed by atoms with Crippen molar-refractivity contribution in [2.75, 3.05) is 6.61 Å². The van der Waals surface area contributed by atoms with E-state index in [0.29, 0.717) is 33.9 Å². The molecule has 0 spiro atoms. The smallest absolute Gasteiger partial charge is 0.335 e. The Morgan fingerprint density at radius 3 is 2.37 bits per heavy atom. The Morgan fingerprint density at radius 1 is 1.00 bits per heavy atom. The van der Waals surface area contributed by atoms with Gasteiger partial charge in [-0.2, -0.15) is 0 Å². The van der Waals surface area contributed by atoms with Gasteiger partial charge in [0.25, 0.3) is 5.91 Å². The molecule has 1 heterocycles. The van der Waals surface area contributed by atoms with Crippen LogP contribution in [0.2, 0.25) is 0 Å². The van der Waals surface area contributed by atoms with Crippen molar-refractivity contribution in [1.29, 1.82) is 0 Å². The molecular formula is C33H26FIN2O5S. The molecule has 4 aromatic rings. The van der Waals surface area contributed by atoms with Gasteiger partial charge in [-0.05, 0) is 113 Å². The fraction of sp³-hybridized carbons (Fsp3) is 0.121. The number of carboxylic acid groups (broad SMARTS) is 1. The second-order valence-corrected chi connectivity index (χ2v) is 11.6. The molecule has 10 heteroatoms. The molecule has 0 atom stereocenters. The average Bonchev–Trinajstić information content (AvgIpc) is 3.27. The Hall–Kier alpha value is -4.16. The summed E-state index contributed by atoms with van der Waals surface area (Å²) < 4.78 is 26.1. The molecule has 218 valence electrons. The van der Waals surface area contributed by atoms with E-state index in [1.54, 1.807) is 35.2 Å². The zero-order valence-electron chi connectivity index (χ0n) is 23.0. The zero-order chi connectivity index (χ0) is 30.3. The van der Waals surface area contributed by atoms with Crippen LogP contribution in [0.15, 0.2) is 101 Å². The number of hydrogen-bond acceptors (Lipinski definition) is 6. The summed E-state index contributed by atoms with van der Waals surface area (Å²) in [5, 5.41) is 9.76. The number of rotatable bonds is 10. The number of ether oxygens (including phenoxy) is 2. The molecule has 0 bridgehead atoms. The minimum Gasteiger partial charge on any atom is -0.490 e. The summed E-state index contributed by atoms with van der Waals surface area (Å²) in [7, 11) is 0. The second kappa shape index (κ2) is 13.9. The molecule has 4 aromatic carbocycles. The summed E-state index contributed by atoms with van der Waals surface area (Å²) in [6, 6.07) is 25.7. The van der Waals surface area contributed by atoms with Gasteiger partial charge in [0.05, 0.1) is 32.9 Å². The van der Waals surface area contributed by atoms with Gasteiger partial charge in [0.1, 0.15) is 12.4 Å². The van der Waals surface area contributed by atoms with Crippen molar-refractivity contribution in [2.24, 2.45) is 4.99 Å². The number of carbonyl (C=O) groups is 2. The highest BCUT2D eigenvalue weighted by Crippen LogP contribution is 2.39. The number of nitrogens with zero attached hydrogens (tertiary/aromatic N) is 2. The maximum atomic E-state index is 13.7. The number of benzene rings is 4. The van der Waals surface area contributed by atoms with Gasteiger partial charge in [-0.15, -0.1) is 0 Å². The number of carboxylic acids is 1. The Kier molecular flexibility index (Phi) is 9.78. The molecule has 1 fully saturated rings. The van der Waals surface area contributed by atoms with Crippen LogP contribution >= 0.6 is 34.4 Å². The molecular weight excluding hydrogens is 682 g/mol. The van der Waals surface area contributed by atoms with Crippen LogP contribution in [0.25, 0.3) is 6.08 Å². The molecule has 0 unspecified atom stereocenters. The van der Waals surface area contributed by atoms with Gasteiger partial charge in [0.15, 0.2) is 16.7 Å². The third-order valence-corrected chi connectivity index (χ3v) is 8.14. The Bertz CT molecular complexity index is 1690. The van der Waals surface area contributed by atoms with E-state index < -0.39 is 5.97 Å². The first-order valence-electron chi connectivity index (χ1n) is 13.3. The zero-order valence-corrected chi connectivity index (χ0v) is 26.0. The van der Waals surface area contributed by atoms with Gasteiger partial charge in [-0.1, -0.05) is 42.5 Å². The van der Waals surface area contributed by atoms with Gasteiger partial charge in [0.2, 0.25) is 0 Å². The van der Waals surface area contributed by atoms with Crippen molar-refractivity contribution in [2.45, 2.75) is 20.1 Å². The van der Waals surface area contributed by atoms with Crippen molar-refractivity contribution in [1.82, 2.24) is 4.90 Å². The number of amides is 1. The number of aliphatic imine (C=N–C) groups is 1. The molecule has 5 rings (SSSR count). The molecule has 1 aliphatic rings. The average molecular weight is 709 g/mol. The lowest BCUT2D eigenvalue weighted by molar-refractivity contribution is -0.122. The maximum Gasteiger partial charge on any atom is 0.335 e. The molecule has 0 saturated carbocycles. The fourth-order valence-corrected chi connectivity index (χ4v) is 6.02. The van der Waals surface area contributed by atoms with E-state index in [2.05, 4.69) is 22.6 Å². The number of para-hydroxylation sites is 1. The van der Waals surface area contributed by atoms with Crippen LogP contribution in [0.1, 0.15) is 34.0 Å². The molecule has 0 aliphatic carbocycles. The second-order valence-electron chi connectivity index (χ2n) is 9.41. The Balaban J connectivity index is 1.44. The fourth-order valence-electron chi connectivity index (χ4n) is 4.24. The first kappa shape index (κ1) is 30.3. The monoisotopic (exact) mass is 708 g/mol. The maximum absolute atomic E-state index is 13.7. The van der Waals surface area contributed by atoms with Crippen molar-refractivity contribution in [3.05, 3.63) is 128 Å². The van der Waals surface area contributed by atoms with Gasteiger partial charge in [0, 0.05) is 0 Å². The topological polar surface area (TPSA) is 88.4 Å². The summed E-state index contributed by atoms with van der Waals surface area (Å²) in [4.78, 5) is 31.8. The molecule has 43 heavy (non-hydrogen) atoms. The standard InChI is InChI=1S/C33H26FIN2O5S/c1-2-41-28-17-23(16-27(35)30(28)42-20-22-10-14-25(34)15-11-22)18-29-31(38)37(19-21-8-12-24(13-9-21)32(39)40)33(43-29)36-26-6-4-3-5-7-26/h3-18H,2,19-20H2,1H3,(H,39,40)/b29-18-,36-33?. The van der Waals surface area contributed by atoms with Crippen molar-refractivity contribution in [3.8, 4) is 11.5 Å². The van der Waals surface area contributed by atoms with E-state index in [4.69, 9.17) is 14.5 Å². The van der Waals surface area contributed by atoms with Crippen LogP contribution in [0.3, 0.4) is 0 Å². The van der Waals surface area contributed by atoms with E-state index in [-0.39, 0.29) is 30.4 Å². The molecule has 1 N–H and O–H groups in total. The van der Waals surface area contributed by atoms with E-state index >= 15 is 0 Å². The largest absolute Gasteiger partial charge is 0.490 e. The van der Waals surface area contributed by atoms with Crippen LogP contribution in [0.5, 0.6) is 11.5 Å². The first-order chi connectivity index (χ1) is 20.8. The number of hydrogen-bond donors (Lipinski definition) is 1. The number of amidine groups is 1. The van der Waals surface area contributed by atoms with E-state index in [0.717, 1.165) is 20.3 Å². The van der Waals surface area contributed by atoms with Crippen molar-refractivity contribution >= 4 is 63.2 Å². The summed E-state index contributed by atoms with van der Waals surface area (Å²) >= 11 is 3.44. The van der Waals surface area contributed by atoms with Crippen molar-refractivity contribution in [3.63, 3.8) is 0 Å². The van der Waals surface area contributed by atoms with Gasteiger partial charge < -0.3 is 14.6 Å². The quantitative estimate of drug-likeness (QED) is 0.133. The first-order valence-corrected chi connectivity index (χ1v) is 15.2. The third kappa shape index (κ3) is 7.63. The highest BCUT2D eigenvalue weighted by atomic mass is 127. The molecule has 0 radical (unpaired) electrons. The van der Waals surface area contributed by atoms with E-state index in [1.807, 2.05) is 49.4 Å². The predicted octanol–water partition coefficient (Wildman–Crippen LogP) is 7.91. The lowest BCUT2D eigenvalue weighted by Crippen LogP contribution is -2.28. The van der Waals surface area contributed by atoms with Crippen LogP contribution in [-0.2, 0) is 17.9 Å². The van der Waals surface area contributed by atoms with Crippen LogP contribution < -0.4 is 9.47 Å². The van der Waals surface area contributed by atoms with Crippen molar-refractivity contribution < 1.29 is 28.6 Å². The van der Waals surface area contributed by atoms with Crippen LogP contribution in [0, 0.1) is 9.39 Å². The third-order valence-electron chi connectivity index (χ3n) is 6.34.